The predicted octanol–water partition coefficient (Wildman–Crippen LogP) is 5.52. The Hall–Kier alpha value is -3.17. The van der Waals surface area contributed by atoms with Gasteiger partial charge in [0.15, 0.2) is 0 Å². The van der Waals surface area contributed by atoms with Crippen LogP contribution in [0, 0.1) is 5.82 Å². The summed E-state index contributed by atoms with van der Waals surface area (Å²) < 4.78 is 25.1. The highest BCUT2D eigenvalue weighted by Crippen LogP contribution is 2.37. The maximum Gasteiger partial charge on any atom is 0.322 e. The van der Waals surface area contributed by atoms with E-state index >= 15 is 0 Å². The number of nitrogens with zero attached hydrogens (tertiary/aromatic N) is 3. The normalized spacial score (nSPS) is 16.2. The van der Waals surface area contributed by atoms with Crippen molar-refractivity contribution < 1.29 is 18.4 Å². The van der Waals surface area contributed by atoms with Gasteiger partial charge in [0, 0.05) is 35.9 Å². The number of benzene rings is 2. The molecule has 7 nitrogen and oxygen atoms in total. The van der Waals surface area contributed by atoms with Crippen molar-refractivity contribution in [2.24, 2.45) is 0 Å². The second-order valence-corrected chi connectivity index (χ2v) is 8.67. The number of hydrogen-bond donors (Lipinski definition) is 1. The van der Waals surface area contributed by atoms with E-state index < -0.39 is 6.04 Å². The number of thioether (sulfide) groups is 1. The Bertz CT molecular complexity index is 1180. The average Bonchev–Trinajstić information content (AvgIpc) is 3.33. The van der Waals surface area contributed by atoms with Crippen LogP contribution in [0.25, 0.3) is 17.0 Å². The molecule has 2 heterocycles. The lowest BCUT2D eigenvalue weighted by atomic mass is 9.94. The van der Waals surface area contributed by atoms with Crippen molar-refractivity contribution in [1.29, 1.82) is 0 Å². The fraction of sp³-hybridized carbons (Fsp3) is 0.320. The van der Waals surface area contributed by atoms with Gasteiger partial charge in [-0.2, -0.15) is 4.98 Å². The molecule has 2 amide bonds. The zero-order valence-electron chi connectivity index (χ0n) is 19.4. The number of hydrogen-bond acceptors (Lipinski definition) is 6. The number of carbonyl (C=O) groups excluding carboxylic acids is 1. The Morgan fingerprint density at radius 2 is 2.03 bits per heavy atom. The molecule has 0 spiro atoms. The summed E-state index contributed by atoms with van der Waals surface area (Å²) in [4.78, 5) is 20.4. The first-order valence-corrected chi connectivity index (χ1v) is 12.3. The Balaban J connectivity index is 1.72. The third-order valence-electron chi connectivity index (χ3n) is 5.66. The van der Waals surface area contributed by atoms with Gasteiger partial charge < -0.3 is 14.6 Å². The summed E-state index contributed by atoms with van der Waals surface area (Å²) in [7, 11) is 0. The molecule has 3 aromatic rings. The Labute approximate surface area is 202 Å². The van der Waals surface area contributed by atoms with Crippen LogP contribution in [0.15, 0.2) is 63.6 Å². The molecule has 9 heteroatoms. The third kappa shape index (κ3) is 5.15. The molecule has 34 heavy (non-hydrogen) atoms. The fourth-order valence-corrected chi connectivity index (χ4v) is 4.33. The lowest BCUT2D eigenvalue weighted by Gasteiger charge is -2.35. The van der Waals surface area contributed by atoms with E-state index in [4.69, 9.17) is 9.26 Å². The van der Waals surface area contributed by atoms with E-state index in [2.05, 4.69) is 15.5 Å². The average molecular weight is 483 g/mol. The summed E-state index contributed by atoms with van der Waals surface area (Å²) in [6.07, 6.45) is 2.69. The summed E-state index contributed by atoms with van der Waals surface area (Å²) in [5.74, 6) is 0.342. The van der Waals surface area contributed by atoms with Gasteiger partial charge in [0.05, 0.1) is 11.6 Å². The van der Waals surface area contributed by atoms with Gasteiger partial charge in [0.1, 0.15) is 5.82 Å². The van der Waals surface area contributed by atoms with Crippen LogP contribution in [-0.4, -0.2) is 47.1 Å². The van der Waals surface area contributed by atoms with Crippen LogP contribution in [-0.2, 0) is 4.74 Å². The maximum atomic E-state index is 14.0. The Morgan fingerprint density at radius 1 is 1.24 bits per heavy atom. The summed E-state index contributed by atoms with van der Waals surface area (Å²) in [5, 5.41) is 7.16. The summed E-state index contributed by atoms with van der Waals surface area (Å²) >= 11 is 1.65. The van der Waals surface area contributed by atoms with Crippen LogP contribution in [0.5, 0.6) is 0 Å². The lowest BCUT2D eigenvalue weighted by Crippen LogP contribution is -2.46. The minimum atomic E-state index is -0.626. The van der Waals surface area contributed by atoms with Gasteiger partial charge in [0.25, 0.3) is 5.89 Å². The van der Waals surface area contributed by atoms with Gasteiger partial charge in [-0.25, -0.2) is 9.18 Å². The highest BCUT2D eigenvalue weighted by molar-refractivity contribution is 7.98. The van der Waals surface area contributed by atoms with Crippen molar-refractivity contribution >= 4 is 23.4 Å². The van der Waals surface area contributed by atoms with Gasteiger partial charge in [-0.3, -0.25) is 4.90 Å². The number of nitrogens with one attached hydrogen (secondary N) is 1. The first-order valence-electron chi connectivity index (χ1n) is 11.1. The van der Waals surface area contributed by atoms with Crippen molar-refractivity contribution in [2.45, 2.75) is 31.2 Å². The number of aromatic nitrogens is 2. The van der Waals surface area contributed by atoms with Crippen molar-refractivity contribution in [3.8, 4) is 11.4 Å². The summed E-state index contributed by atoms with van der Waals surface area (Å²) in [6.45, 7) is 5.41. The number of halogens is 1. The molecule has 178 valence electrons. The quantitative estimate of drug-likeness (QED) is 0.319. The molecular weight excluding hydrogens is 455 g/mol. The van der Waals surface area contributed by atoms with E-state index in [1.165, 1.54) is 12.1 Å². The fourth-order valence-electron chi connectivity index (χ4n) is 3.92. The molecule has 4 rings (SSSR count). The molecule has 1 N–H and O–H groups in total. The zero-order valence-corrected chi connectivity index (χ0v) is 20.2. The van der Waals surface area contributed by atoms with E-state index in [1.54, 1.807) is 28.8 Å². The minimum Gasteiger partial charge on any atom is -0.382 e. The number of rotatable bonds is 9. The molecule has 0 saturated heterocycles. The Kier molecular flexibility index (Phi) is 7.64. The van der Waals surface area contributed by atoms with Crippen molar-refractivity contribution in [3.63, 3.8) is 0 Å². The van der Waals surface area contributed by atoms with Crippen LogP contribution in [0.1, 0.15) is 37.8 Å². The molecule has 0 fully saturated rings. The molecular formula is C25H27FN4O3S. The number of urea groups is 1. The van der Waals surface area contributed by atoms with Crippen molar-refractivity contribution in [2.75, 3.05) is 26.0 Å². The maximum absolute atomic E-state index is 14.0. The zero-order chi connectivity index (χ0) is 24.1. The molecule has 1 aromatic heterocycles. The molecule has 0 saturated carbocycles. The second-order valence-electron chi connectivity index (χ2n) is 7.79. The largest absolute Gasteiger partial charge is 0.382 e. The van der Waals surface area contributed by atoms with E-state index in [0.717, 1.165) is 10.5 Å². The molecule has 0 bridgehead atoms. The van der Waals surface area contributed by atoms with Crippen LogP contribution in [0.3, 0.4) is 0 Å². The van der Waals surface area contributed by atoms with Crippen LogP contribution in [0.4, 0.5) is 9.18 Å². The molecule has 2 aromatic carbocycles. The van der Waals surface area contributed by atoms with Crippen LogP contribution >= 0.6 is 11.8 Å². The van der Waals surface area contributed by atoms with E-state index in [0.29, 0.717) is 48.8 Å². The number of allylic oxidation sites excluding steroid dienone is 1. The minimum absolute atomic E-state index is 0.264. The first-order chi connectivity index (χ1) is 16.5. The van der Waals surface area contributed by atoms with Gasteiger partial charge >= 0.3 is 6.03 Å². The van der Waals surface area contributed by atoms with Crippen molar-refractivity contribution in [1.82, 2.24) is 20.4 Å². The van der Waals surface area contributed by atoms with Crippen molar-refractivity contribution in [3.05, 3.63) is 71.5 Å². The Morgan fingerprint density at radius 3 is 2.74 bits per heavy atom. The van der Waals surface area contributed by atoms with Gasteiger partial charge in [0.2, 0.25) is 5.82 Å². The van der Waals surface area contributed by atoms with Crippen LogP contribution < -0.4 is 5.32 Å². The molecule has 1 aliphatic rings. The van der Waals surface area contributed by atoms with Crippen LogP contribution in [0.2, 0.25) is 0 Å². The highest BCUT2D eigenvalue weighted by Gasteiger charge is 2.35. The smallest absolute Gasteiger partial charge is 0.322 e. The molecule has 1 atom stereocenters. The first kappa shape index (κ1) is 24.0. The van der Waals surface area contributed by atoms with Gasteiger partial charge in [-0.15, -0.1) is 11.8 Å². The predicted molar refractivity (Wildman–Crippen MR) is 130 cm³/mol. The van der Waals surface area contributed by atoms with E-state index in [1.807, 2.05) is 44.4 Å². The third-order valence-corrected chi connectivity index (χ3v) is 6.40. The monoisotopic (exact) mass is 482 g/mol. The summed E-state index contributed by atoms with van der Waals surface area (Å²) in [5.41, 5.74) is 2.74. The lowest BCUT2D eigenvalue weighted by molar-refractivity contribution is 0.136. The molecule has 0 radical (unpaired) electrons. The van der Waals surface area contributed by atoms with Gasteiger partial charge in [-0.1, -0.05) is 17.3 Å². The number of amides is 2. The topological polar surface area (TPSA) is 80.5 Å². The molecule has 1 unspecified atom stereocenters. The standard InChI is InChI=1S/C25H27FN4O3S/c1-4-32-14-6-13-30-16(2)21(22(27-25(30)31)18-7-5-8-19(26)15-18)24-28-23(29-33-24)17-9-11-20(34-3)12-10-17/h5,7-12,15,22H,4,6,13-14H2,1-3H3,(H,27,31). The number of ether oxygens (including phenoxy) is 1. The second kappa shape index (κ2) is 10.8. The number of carbonyl (C=O) groups is 1. The van der Waals surface area contributed by atoms with E-state index in [9.17, 15) is 9.18 Å². The summed E-state index contributed by atoms with van der Waals surface area (Å²) in [6, 6.07) is 13.1. The van der Waals surface area contributed by atoms with Gasteiger partial charge in [-0.05, 0) is 68.5 Å². The molecule has 1 aliphatic heterocycles. The molecule has 0 aliphatic carbocycles. The highest BCUT2D eigenvalue weighted by atomic mass is 32.2. The van der Waals surface area contributed by atoms with E-state index in [-0.39, 0.29) is 17.7 Å². The SMILES string of the molecule is CCOCCCN1C(=O)NC(c2cccc(F)c2)C(c2nc(-c3ccc(SC)cc3)no2)=C1C.